The third-order valence-corrected chi connectivity index (χ3v) is 5.64. The van der Waals surface area contributed by atoms with Gasteiger partial charge in [-0.25, -0.2) is 0 Å². The van der Waals surface area contributed by atoms with E-state index in [0.29, 0.717) is 22.7 Å². The fourth-order valence-electron chi connectivity index (χ4n) is 3.47. The number of rotatable bonds is 8. The lowest BCUT2D eigenvalue weighted by Crippen LogP contribution is -2.37. The fourth-order valence-corrected chi connectivity index (χ4v) is 3.79. The van der Waals surface area contributed by atoms with Crippen LogP contribution in [0.2, 0.25) is 10.0 Å². The molecule has 5 heteroatoms. The van der Waals surface area contributed by atoms with Gasteiger partial charge in [-0.3, -0.25) is 4.90 Å². The Kier molecular flexibility index (Phi) is 7.21. The highest BCUT2D eigenvalue weighted by Gasteiger charge is 2.21. The van der Waals surface area contributed by atoms with Crippen molar-refractivity contribution in [1.82, 2.24) is 10.2 Å². The third-order valence-electron chi connectivity index (χ3n) is 4.90. The highest BCUT2D eigenvalue weighted by Crippen LogP contribution is 2.23. The fraction of sp³-hybridized carbons (Fsp3) is 0.429. The van der Waals surface area contributed by atoms with Gasteiger partial charge in [-0.2, -0.15) is 0 Å². The molecule has 1 aliphatic heterocycles. The average Bonchev–Trinajstić information content (AvgIpc) is 3.11. The molecule has 0 unspecified atom stereocenters. The Morgan fingerprint density at radius 2 is 2.00 bits per heavy atom. The Hall–Kier alpha value is -1.26. The second-order valence-electron chi connectivity index (χ2n) is 6.74. The molecule has 0 spiro atoms. The van der Waals surface area contributed by atoms with Crippen molar-refractivity contribution in [2.45, 2.75) is 39.0 Å². The van der Waals surface area contributed by atoms with Gasteiger partial charge < -0.3 is 10.1 Å². The summed E-state index contributed by atoms with van der Waals surface area (Å²) in [5.74, 6) is 0.867. The molecular formula is C21H26Cl2N2O. The minimum Gasteiger partial charge on any atom is -0.489 e. The van der Waals surface area contributed by atoms with Crippen molar-refractivity contribution in [1.29, 1.82) is 0 Å². The van der Waals surface area contributed by atoms with Gasteiger partial charge >= 0.3 is 0 Å². The van der Waals surface area contributed by atoms with Crippen LogP contribution < -0.4 is 10.1 Å². The summed E-state index contributed by atoms with van der Waals surface area (Å²) < 4.78 is 5.90. The molecule has 0 aromatic heterocycles. The van der Waals surface area contributed by atoms with Crippen LogP contribution in [0.15, 0.2) is 42.5 Å². The van der Waals surface area contributed by atoms with Crippen LogP contribution in [0.5, 0.6) is 5.75 Å². The number of hydrogen-bond acceptors (Lipinski definition) is 3. The molecule has 26 heavy (non-hydrogen) atoms. The van der Waals surface area contributed by atoms with E-state index in [0.717, 1.165) is 30.9 Å². The first-order valence-electron chi connectivity index (χ1n) is 9.26. The van der Waals surface area contributed by atoms with Crippen molar-refractivity contribution in [2.24, 2.45) is 0 Å². The van der Waals surface area contributed by atoms with E-state index in [1.807, 2.05) is 24.3 Å². The van der Waals surface area contributed by atoms with E-state index < -0.39 is 0 Å². The van der Waals surface area contributed by atoms with Crippen molar-refractivity contribution in [2.75, 3.05) is 19.6 Å². The number of likely N-dealkylation sites (tertiary alicyclic amines) is 1. The summed E-state index contributed by atoms with van der Waals surface area (Å²) in [6.45, 7) is 7.00. The number of likely N-dealkylation sites (N-methyl/N-ethyl adjacent to an activating group) is 1. The second-order valence-corrected chi connectivity index (χ2v) is 7.55. The maximum absolute atomic E-state index is 6.05. The predicted octanol–water partition coefficient (Wildman–Crippen LogP) is 5.15. The van der Waals surface area contributed by atoms with Gasteiger partial charge in [-0.15, -0.1) is 0 Å². The topological polar surface area (TPSA) is 24.5 Å². The minimum absolute atomic E-state index is 0.474. The Morgan fingerprint density at radius 3 is 2.81 bits per heavy atom. The van der Waals surface area contributed by atoms with Crippen molar-refractivity contribution >= 4 is 23.2 Å². The summed E-state index contributed by atoms with van der Waals surface area (Å²) in [4.78, 5) is 2.56. The molecule has 0 aliphatic carbocycles. The van der Waals surface area contributed by atoms with Gasteiger partial charge in [0.25, 0.3) is 0 Å². The molecule has 0 bridgehead atoms. The molecule has 1 aliphatic rings. The van der Waals surface area contributed by atoms with Crippen LogP contribution in [0.3, 0.4) is 0 Å². The first-order chi connectivity index (χ1) is 12.7. The van der Waals surface area contributed by atoms with Crippen LogP contribution in [0.4, 0.5) is 0 Å². The first-order valence-corrected chi connectivity index (χ1v) is 10.0. The summed E-state index contributed by atoms with van der Waals surface area (Å²) in [5.41, 5.74) is 2.24. The summed E-state index contributed by atoms with van der Waals surface area (Å²) in [5, 5.41) is 4.71. The van der Waals surface area contributed by atoms with Gasteiger partial charge in [-0.05, 0) is 61.3 Å². The lowest BCUT2D eigenvalue weighted by atomic mass is 10.2. The van der Waals surface area contributed by atoms with Crippen LogP contribution >= 0.6 is 23.2 Å². The number of halogens is 2. The highest BCUT2D eigenvalue weighted by molar-refractivity contribution is 6.42. The summed E-state index contributed by atoms with van der Waals surface area (Å²) in [6, 6.07) is 14.5. The van der Waals surface area contributed by atoms with Gasteiger partial charge in [0.1, 0.15) is 12.4 Å². The van der Waals surface area contributed by atoms with Crippen LogP contribution in [0.1, 0.15) is 30.9 Å². The molecule has 2 aromatic carbocycles. The lowest BCUT2D eigenvalue weighted by molar-refractivity contribution is 0.260. The van der Waals surface area contributed by atoms with Gasteiger partial charge in [0.15, 0.2) is 0 Å². The van der Waals surface area contributed by atoms with Gasteiger partial charge in [-0.1, -0.05) is 48.3 Å². The molecule has 0 saturated carbocycles. The summed E-state index contributed by atoms with van der Waals surface area (Å²) >= 11 is 12.0. The SMILES string of the molecule is CCN1CCC[C@@H]1CNCc1cccc(OCc2ccc(Cl)c(Cl)c2)c1. The highest BCUT2D eigenvalue weighted by atomic mass is 35.5. The Balaban J connectivity index is 1.49. The van der Waals surface area contributed by atoms with Crippen LogP contribution in [-0.2, 0) is 13.2 Å². The molecule has 1 atom stereocenters. The zero-order valence-electron chi connectivity index (χ0n) is 15.2. The van der Waals surface area contributed by atoms with E-state index in [1.54, 1.807) is 6.07 Å². The van der Waals surface area contributed by atoms with Crippen LogP contribution in [-0.4, -0.2) is 30.6 Å². The van der Waals surface area contributed by atoms with E-state index in [-0.39, 0.29) is 0 Å². The van der Waals surface area contributed by atoms with Gasteiger partial charge in [0, 0.05) is 19.1 Å². The summed E-state index contributed by atoms with van der Waals surface area (Å²) in [6.07, 6.45) is 2.62. The predicted molar refractivity (Wildman–Crippen MR) is 109 cm³/mol. The molecule has 1 saturated heterocycles. The van der Waals surface area contributed by atoms with Crippen molar-refractivity contribution in [3.8, 4) is 5.75 Å². The zero-order valence-corrected chi connectivity index (χ0v) is 16.7. The normalized spacial score (nSPS) is 17.6. The van der Waals surface area contributed by atoms with Gasteiger partial charge in [0.2, 0.25) is 0 Å². The smallest absolute Gasteiger partial charge is 0.120 e. The van der Waals surface area contributed by atoms with E-state index in [9.17, 15) is 0 Å². The number of benzene rings is 2. The van der Waals surface area contributed by atoms with Gasteiger partial charge in [0.05, 0.1) is 10.0 Å². The zero-order chi connectivity index (χ0) is 18.4. The molecular weight excluding hydrogens is 367 g/mol. The maximum Gasteiger partial charge on any atom is 0.120 e. The Labute approximate surface area is 166 Å². The lowest BCUT2D eigenvalue weighted by Gasteiger charge is -2.23. The molecule has 1 fully saturated rings. The number of ether oxygens (including phenoxy) is 1. The number of nitrogens with one attached hydrogen (secondary N) is 1. The molecule has 140 valence electrons. The summed E-state index contributed by atoms with van der Waals surface area (Å²) in [7, 11) is 0. The van der Waals surface area contributed by atoms with Crippen LogP contribution in [0, 0.1) is 0 Å². The van der Waals surface area contributed by atoms with E-state index >= 15 is 0 Å². The molecule has 2 aromatic rings. The van der Waals surface area contributed by atoms with E-state index in [2.05, 4.69) is 29.3 Å². The Bertz CT molecular complexity index is 723. The molecule has 1 N–H and O–H groups in total. The van der Waals surface area contributed by atoms with Crippen molar-refractivity contribution in [3.63, 3.8) is 0 Å². The molecule has 0 radical (unpaired) electrons. The molecule has 3 rings (SSSR count). The quantitative estimate of drug-likeness (QED) is 0.672. The largest absolute Gasteiger partial charge is 0.489 e. The Morgan fingerprint density at radius 1 is 1.12 bits per heavy atom. The van der Waals surface area contributed by atoms with Crippen molar-refractivity contribution in [3.05, 3.63) is 63.6 Å². The second kappa shape index (κ2) is 9.61. The van der Waals surface area contributed by atoms with Crippen LogP contribution in [0.25, 0.3) is 0 Å². The standard InChI is InChI=1S/C21H26Cl2N2O/c1-2-25-10-4-6-18(25)14-24-13-16-5-3-7-19(11-16)26-15-17-8-9-20(22)21(23)12-17/h3,5,7-9,11-12,18,24H,2,4,6,10,13-15H2,1H3/t18-/m1/s1. The average molecular weight is 393 g/mol. The third kappa shape index (κ3) is 5.37. The number of hydrogen-bond donors (Lipinski definition) is 1. The monoisotopic (exact) mass is 392 g/mol. The van der Waals surface area contributed by atoms with Crippen molar-refractivity contribution < 1.29 is 4.74 Å². The first kappa shape index (κ1) is 19.5. The molecule has 1 heterocycles. The minimum atomic E-state index is 0.474. The maximum atomic E-state index is 6.05. The molecule has 3 nitrogen and oxygen atoms in total. The number of nitrogens with zero attached hydrogens (tertiary/aromatic N) is 1. The van der Waals surface area contributed by atoms with E-state index in [4.69, 9.17) is 27.9 Å². The molecule has 0 amide bonds. The van der Waals surface area contributed by atoms with E-state index in [1.165, 1.54) is 24.9 Å².